The number of alkyl halides is 3. The van der Waals surface area contributed by atoms with Crippen molar-refractivity contribution in [2.24, 2.45) is 0 Å². The summed E-state index contributed by atoms with van der Waals surface area (Å²) in [7, 11) is 0. The first kappa shape index (κ1) is 14.6. The van der Waals surface area contributed by atoms with Crippen LogP contribution in [-0.2, 0) is 6.18 Å². The molecule has 0 amide bonds. The van der Waals surface area contributed by atoms with Gasteiger partial charge in [0.05, 0.1) is 17.6 Å². The molecule has 1 aromatic heterocycles. The Labute approximate surface area is 103 Å². The fraction of sp³-hybridized carbons (Fsp3) is 0.545. The van der Waals surface area contributed by atoms with Gasteiger partial charge in [0.15, 0.2) is 0 Å². The first-order chi connectivity index (χ1) is 8.38. The van der Waals surface area contributed by atoms with Crippen molar-refractivity contribution in [2.75, 3.05) is 17.7 Å². The van der Waals surface area contributed by atoms with Crippen LogP contribution in [0.15, 0.2) is 12.3 Å². The van der Waals surface area contributed by atoms with Crippen molar-refractivity contribution in [3.05, 3.63) is 18.0 Å². The van der Waals surface area contributed by atoms with Gasteiger partial charge < -0.3 is 16.2 Å². The molecule has 4 N–H and O–H groups in total. The number of halogens is 3. The molecule has 0 aliphatic carbocycles. The molecular formula is C11H16F3N3O. The van der Waals surface area contributed by atoms with Crippen LogP contribution in [0.25, 0.3) is 0 Å². The van der Waals surface area contributed by atoms with Crippen molar-refractivity contribution < 1.29 is 18.3 Å². The maximum Gasteiger partial charge on any atom is 0.433 e. The molecule has 1 heterocycles. The Hall–Kier alpha value is -1.50. The highest BCUT2D eigenvalue weighted by Gasteiger charge is 2.33. The van der Waals surface area contributed by atoms with Gasteiger partial charge in [0.25, 0.3) is 0 Å². The van der Waals surface area contributed by atoms with Crippen LogP contribution >= 0.6 is 0 Å². The lowest BCUT2D eigenvalue weighted by Gasteiger charge is -2.19. The molecule has 0 aromatic carbocycles. The van der Waals surface area contributed by atoms with E-state index >= 15 is 0 Å². The van der Waals surface area contributed by atoms with Crippen LogP contribution in [0.1, 0.15) is 25.5 Å². The van der Waals surface area contributed by atoms with Gasteiger partial charge in [-0.05, 0) is 18.9 Å². The summed E-state index contributed by atoms with van der Waals surface area (Å²) in [6, 6.07) is 0.760. The number of nitrogens with two attached hydrogens (primary N) is 1. The fourth-order valence-electron chi connectivity index (χ4n) is 1.50. The summed E-state index contributed by atoms with van der Waals surface area (Å²) < 4.78 is 37.5. The van der Waals surface area contributed by atoms with Crippen LogP contribution in [0.2, 0.25) is 0 Å². The Morgan fingerprint density at radius 3 is 2.67 bits per heavy atom. The van der Waals surface area contributed by atoms with Crippen LogP contribution in [0.3, 0.4) is 0 Å². The Morgan fingerprint density at radius 1 is 1.50 bits per heavy atom. The minimum absolute atomic E-state index is 0.0391. The van der Waals surface area contributed by atoms with Crippen molar-refractivity contribution in [1.29, 1.82) is 0 Å². The zero-order chi connectivity index (χ0) is 13.8. The molecule has 1 atom stereocenters. The van der Waals surface area contributed by atoms with Gasteiger partial charge in [0.1, 0.15) is 5.69 Å². The van der Waals surface area contributed by atoms with Crippen molar-refractivity contribution >= 4 is 11.4 Å². The minimum atomic E-state index is -4.50. The van der Waals surface area contributed by atoms with Crippen LogP contribution in [0.4, 0.5) is 24.5 Å². The van der Waals surface area contributed by atoms with E-state index in [4.69, 9.17) is 10.8 Å². The second-order valence-electron chi connectivity index (χ2n) is 3.92. The molecule has 7 heteroatoms. The molecule has 0 bridgehead atoms. The topological polar surface area (TPSA) is 71.2 Å². The fourth-order valence-corrected chi connectivity index (χ4v) is 1.50. The molecule has 1 aromatic rings. The van der Waals surface area contributed by atoms with E-state index in [1.54, 1.807) is 0 Å². The summed E-state index contributed by atoms with van der Waals surface area (Å²) in [4.78, 5) is 3.25. The molecule has 0 spiro atoms. The van der Waals surface area contributed by atoms with Crippen molar-refractivity contribution in [3.8, 4) is 0 Å². The molecular weight excluding hydrogens is 247 g/mol. The highest BCUT2D eigenvalue weighted by molar-refractivity contribution is 5.65. The highest BCUT2D eigenvalue weighted by atomic mass is 19.4. The average molecular weight is 263 g/mol. The van der Waals surface area contributed by atoms with E-state index in [0.29, 0.717) is 12.8 Å². The smallest absolute Gasteiger partial charge is 0.396 e. The second-order valence-corrected chi connectivity index (χ2v) is 3.92. The van der Waals surface area contributed by atoms with Crippen LogP contribution < -0.4 is 11.1 Å². The largest absolute Gasteiger partial charge is 0.433 e. The molecule has 18 heavy (non-hydrogen) atoms. The Morgan fingerprint density at radius 2 is 2.17 bits per heavy atom. The first-order valence-electron chi connectivity index (χ1n) is 5.58. The highest BCUT2D eigenvalue weighted by Crippen LogP contribution is 2.31. The molecule has 0 aliphatic rings. The number of nitrogens with zero attached hydrogens (tertiary/aromatic N) is 1. The minimum Gasteiger partial charge on any atom is -0.396 e. The van der Waals surface area contributed by atoms with Crippen molar-refractivity contribution in [3.63, 3.8) is 0 Å². The van der Waals surface area contributed by atoms with E-state index in [2.05, 4.69) is 10.3 Å². The van der Waals surface area contributed by atoms with E-state index < -0.39 is 11.9 Å². The van der Waals surface area contributed by atoms with Crippen LogP contribution in [0.5, 0.6) is 0 Å². The van der Waals surface area contributed by atoms with E-state index in [0.717, 1.165) is 12.3 Å². The van der Waals surface area contributed by atoms with E-state index in [9.17, 15) is 13.2 Å². The summed E-state index contributed by atoms with van der Waals surface area (Å²) in [5.41, 5.74) is 4.93. The third-order valence-corrected chi connectivity index (χ3v) is 2.56. The molecule has 0 aliphatic heterocycles. The van der Waals surface area contributed by atoms with Crippen molar-refractivity contribution in [1.82, 2.24) is 4.98 Å². The maximum atomic E-state index is 12.5. The predicted octanol–water partition coefficient (Wildman–Crippen LogP) is 2.26. The zero-order valence-electron chi connectivity index (χ0n) is 9.96. The number of hydrogen-bond acceptors (Lipinski definition) is 4. The summed E-state index contributed by atoms with van der Waals surface area (Å²) in [5.74, 6) is 0. The number of rotatable bonds is 5. The number of aliphatic hydroxyl groups excluding tert-OH is 1. The standard InChI is InChI=1S/C11H16F3N3O/c1-2-7(3-4-18)17-9-5-10(11(12,13)14)16-6-8(9)15/h5-7,18H,2-4,15H2,1H3,(H,16,17). The predicted molar refractivity (Wildman–Crippen MR) is 63.1 cm³/mol. The number of aliphatic hydroxyl groups is 1. The third kappa shape index (κ3) is 3.76. The summed E-state index contributed by atoms with van der Waals surface area (Å²) in [5, 5.41) is 11.7. The number of hydrogen-bond donors (Lipinski definition) is 3. The van der Waals surface area contributed by atoms with Crippen molar-refractivity contribution in [2.45, 2.75) is 32.0 Å². The molecule has 0 radical (unpaired) electrons. The summed E-state index contributed by atoms with van der Waals surface area (Å²) in [6.07, 6.45) is -2.40. The number of aromatic nitrogens is 1. The lowest BCUT2D eigenvalue weighted by molar-refractivity contribution is -0.141. The van der Waals surface area contributed by atoms with Gasteiger partial charge in [-0.3, -0.25) is 0 Å². The molecule has 1 unspecified atom stereocenters. The van der Waals surface area contributed by atoms with E-state index in [1.807, 2.05) is 6.92 Å². The van der Waals surface area contributed by atoms with Crippen LogP contribution in [0, 0.1) is 0 Å². The summed E-state index contributed by atoms with van der Waals surface area (Å²) in [6.45, 7) is 1.83. The van der Waals surface area contributed by atoms with E-state index in [-0.39, 0.29) is 24.0 Å². The third-order valence-electron chi connectivity index (χ3n) is 2.56. The number of nitrogen functional groups attached to an aromatic ring is 1. The molecule has 0 fully saturated rings. The molecule has 0 saturated heterocycles. The Balaban J connectivity index is 2.93. The van der Waals surface area contributed by atoms with Gasteiger partial charge in [0.2, 0.25) is 0 Å². The van der Waals surface area contributed by atoms with E-state index in [1.165, 1.54) is 0 Å². The van der Waals surface area contributed by atoms with Gasteiger partial charge in [-0.25, -0.2) is 4.98 Å². The number of nitrogens with one attached hydrogen (secondary N) is 1. The number of pyridine rings is 1. The second kappa shape index (κ2) is 5.90. The molecule has 1 rings (SSSR count). The van der Waals surface area contributed by atoms with Gasteiger partial charge in [0, 0.05) is 12.6 Å². The zero-order valence-corrected chi connectivity index (χ0v) is 9.96. The van der Waals surface area contributed by atoms with Gasteiger partial charge in [-0.15, -0.1) is 0 Å². The maximum absolute atomic E-state index is 12.5. The van der Waals surface area contributed by atoms with Gasteiger partial charge in [-0.2, -0.15) is 13.2 Å². The van der Waals surface area contributed by atoms with Crippen LogP contribution in [-0.4, -0.2) is 22.7 Å². The summed E-state index contributed by atoms with van der Waals surface area (Å²) >= 11 is 0. The lowest BCUT2D eigenvalue weighted by Crippen LogP contribution is -2.21. The SMILES string of the molecule is CCC(CCO)Nc1cc(C(F)(F)F)ncc1N. The Kier molecular flexibility index (Phi) is 4.77. The lowest BCUT2D eigenvalue weighted by atomic mass is 10.1. The van der Waals surface area contributed by atoms with Gasteiger partial charge >= 0.3 is 6.18 Å². The molecule has 0 saturated carbocycles. The normalized spacial score (nSPS) is 13.4. The first-order valence-corrected chi connectivity index (χ1v) is 5.58. The average Bonchev–Trinajstić information content (AvgIpc) is 2.29. The monoisotopic (exact) mass is 263 g/mol. The quantitative estimate of drug-likeness (QED) is 0.762. The molecule has 102 valence electrons. The Bertz CT molecular complexity index is 396. The number of anilines is 2. The van der Waals surface area contributed by atoms with Gasteiger partial charge in [-0.1, -0.05) is 6.92 Å². The molecule has 4 nitrogen and oxygen atoms in total.